The maximum atomic E-state index is 2.42. The van der Waals surface area contributed by atoms with E-state index in [2.05, 4.69) is 6.08 Å². The van der Waals surface area contributed by atoms with Crippen LogP contribution in [-0.4, -0.2) is 0 Å². The Morgan fingerprint density at radius 1 is 1.50 bits per heavy atom. The summed E-state index contributed by atoms with van der Waals surface area (Å²) in [6.45, 7) is 0. The molecular formula is C8H14. The van der Waals surface area contributed by atoms with Gasteiger partial charge in [0.15, 0.2) is 0 Å². The number of fused-ring (bicyclic) bond motifs is 2. The highest BCUT2D eigenvalue weighted by molar-refractivity contribution is 5.15. The van der Waals surface area contributed by atoms with Crippen molar-refractivity contribution in [2.45, 2.75) is 33.1 Å². The average Bonchev–Trinajstić information content (AvgIpc) is 2.22. The van der Waals surface area contributed by atoms with Gasteiger partial charge >= 0.3 is 0 Å². The van der Waals surface area contributed by atoms with E-state index in [0.717, 1.165) is 5.92 Å². The van der Waals surface area contributed by atoms with E-state index >= 15 is 0 Å². The van der Waals surface area contributed by atoms with E-state index in [0.29, 0.717) is 0 Å². The summed E-state index contributed by atoms with van der Waals surface area (Å²) in [7, 11) is 0. The zero-order valence-corrected chi connectivity index (χ0v) is 4.48. The molecule has 2 rings (SSSR count). The molecule has 0 aromatic rings. The van der Waals surface area contributed by atoms with Crippen molar-refractivity contribution < 1.29 is 0 Å². The van der Waals surface area contributed by atoms with E-state index in [1.807, 2.05) is 0 Å². The van der Waals surface area contributed by atoms with E-state index < -0.39 is 0 Å². The van der Waals surface area contributed by atoms with Gasteiger partial charge in [-0.3, -0.25) is 0 Å². The summed E-state index contributed by atoms with van der Waals surface area (Å²) in [5.74, 6) is 1.08. The molecule has 0 N–H and O–H groups in total. The first-order valence-electron chi connectivity index (χ1n) is 3.13. The molecule has 0 nitrogen and oxygen atoms in total. The largest absolute Gasteiger partial charge is 0.0850 e. The minimum absolute atomic E-state index is 0. The van der Waals surface area contributed by atoms with Crippen LogP contribution in [-0.2, 0) is 0 Å². The maximum absolute atomic E-state index is 2.42. The van der Waals surface area contributed by atoms with Crippen LogP contribution in [0.15, 0.2) is 11.6 Å². The predicted molar refractivity (Wildman–Crippen MR) is 36.8 cm³/mol. The third-order valence-corrected chi connectivity index (χ3v) is 2.16. The fourth-order valence-corrected chi connectivity index (χ4v) is 1.68. The van der Waals surface area contributed by atoms with Crippen molar-refractivity contribution in [1.82, 2.24) is 0 Å². The van der Waals surface area contributed by atoms with Crippen molar-refractivity contribution in [2.24, 2.45) is 5.92 Å². The quantitative estimate of drug-likeness (QED) is 0.420. The van der Waals surface area contributed by atoms with Crippen LogP contribution in [0.5, 0.6) is 0 Å². The summed E-state index contributed by atoms with van der Waals surface area (Å²) in [5.41, 5.74) is 1.74. The molecule has 0 saturated heterocycles. The molecule has 1 atom stereocenters. The first kappa shape index (κ1) is 5.87. The van der Waals surface area contributed by atoms with Gasteiger partial charge in [0.1, 0.15) is 0 Å². The SMILES string of the molecule is C.C1=C2CCC(C1)C2. The summed E-state index contributed by atoms with van der Waals surface area (Å²) >= 11 is 0. The summed E-state index contributed by atoms with van der Waals surface area (Å²) in [5, 5.41) is 0. The molecule has 2 aliphatic carbocycles. The third kappa shape index (κ3) is 0.683. The van der Waals surface area contributed by atoms with Crippen LogP contribution >= 0.6 is 0 Å². The Bertz CT molecular complexity index is 111. The normalized spacial score (nSPS) is 32.0. The molecule has 0 spiro atoms. The lowest BCUT2D eigenvalue weighted by molar-refractivity contribution is 0.576. The fourth-order valence-electron chi connectivity index (χ4n) is 1.68. The summed E-state index contributed by atoms with van der Waals surface area (Å²) < 4.78 is 0. The molecule has 0 heteroatoms. The molecule has 8 heavy (non-hydrogen) atoms. The van der Waals surface area contributed by atoms with Crippen LogP contribution in [0.3, 0.4) is 0 Å². The minimum Gasteiger partial charge on any atom is -0.0850 e. The molecule has 46 valence electrons. The molecule has 0 aliphatic heterocycles. The number of hydrogen-bond acceptors (Lipinski definition) is 0. The topological polar surface area (TPSA) is 0 Å². The Hall–Kier alpha value is -0.260. The van der Waals surface area contributed by atoms with Gasteiger partial charge in [0, 0.05) is 0 Å². The molecule has 2 aliphatic rings. The summed E-state index contributed by atoms with van der Waals surface area (Å²) in [4.78, 5) is 0. The zero-order chi connectivity index (χ0) is 4.69. The molecule has 1 saturated carbocycles. The Morgan fingerprint density at radius 3 is 2.50 bits per heavy atom. The third-order valence-electron chi connectivity index (χ3n) is 2.16. The van der Waals surface area contributed by atoms with E-state index in [-0.39, 0.29) is 7.43 Å². The maximum Gasteiger partial charge on any atom is -0.0289 e. The molecule has 0 amide bonds. The molecule has 0 radical (unpaired) electrons. The highest BCUT2D eigenvalue weighted by Gasteiger charge is 2.22. The number of rotatable bonds is 0. The van der Waals surface area contributed by atoms with Crippen molar-refractivity contribution in [3.8, 4) is 0 Å². The van der Waals surface area contributed by atoms with E-state index in [1.165, 1.54) is 25.7 Å². The van der Waals surface area contributed by atoms with Crippen LogP contribution in [0.1, 0.15) is 33.1 Å². The van der Waals surface area contributed by atoms with Crippen LogP contribution in [0.25, 0.3) is 0 Å². The average molecular weight is 110 g/mol. The van der Waals surface area contributed by atoms with Crippen LogP contribution in [0.4, 0.5) is 0 Å². The number of allylic oxidation sites excluding steroid dienone is 2. The number of hydrogen-bond donors (Lipinski definition) is 0. The lowest BCUT2D eigenvalue weighted by Crippen LogP contribution is -1.85. The predicted octanol–water partition coefficient (Wildman–Crippen LogP) is 2.75. The van der Waals surface area contributed by atoms with Crippen molar-refractivity contribution in [3.05, 3.63) is 11.6 Å². The van der Waals surface area contributed by atoms with E-state index in [1.54, 1.807) is 5.57 Å². The van der Waals surface area contributed by atoms with Gasteiger partial charge in [-0.2, -0.15) is 0 Å². The molecule has 1 fully saturated rings. The van der Waals surface area contributed by atoms with Crippen molar-refractivity contribution in [2.75, 3.05) is 0 Å². The molecule has 1 unspecified atom stereocenters. The second-order valence-corrected chi connectivity index (χ2v) is 2.71. The second-order valence-electron chi connectivity index (χ2n) is 2.71. The van der Waals surface area contributed by atoms with Crippen molar-refractivity contribution >= 4 is 0 Å². The first-order valence-corrected chi connectivity index (χ1v) is 3.13. The van der Waals surface area contributed by atoms with Gasteiger partial charge in [-0.15, -0.1) is 0 Å². The summed E-state index contributed by atoms with van der Waals surface area (Å²) in [6, 6.07) is 0. The minimum atomic E-state index is 0. The highest BCUT2D eigenvalue weighted by atomic mass is 14.3. The monoisotopic (exact) mass is 110 g/mol. The van der Waals surface area contributed by atoms with Gasteiger partial charge in [-0.25, -0.2) is 0 Å². The van der Waals surface area contributed by atoms with Crippen LogP contribution < -0.4 is 0 Å². The van der Waals surface area contributed by atoms with Gasteiger partial charge in [0.2, 0.25) is 0 Å². The van der Waals surface area contributed by atoms with E-state index in [9.17, 15) is 0 Å². The standard InChI is InChI=1S/C7H10.CH4/c1-2-7-4-3-6(1)5-7;/h1,7H,2-5H2;1H4. The Kier molecular flexibility index (Phi) is 1.41. The van der Waals surface area contributed by atoms with Gasteiger partial charge in [0.25, 0.3) is 0 Å². The Balaban J connectivity index is 0.000000320. The van der Waals surface area contributed by atoms with Crippen LogP contribution in [0, 0.1) is 5.92 Å². The highest BCUT2D eigenvalue weighted by Crippen LogP contribution is 2.38. The zero-order valence-electron chi connectivity index (χ0n) is 4.48. The summed E-state index contributed by atoms with van der Waals surface area (Å²) in [6.07, 6.45) is 8.18. The lowest BCUT2D eigenvalue weighted by Gasteiger charge is -1.98. The van der Waals surface area contributed by atoms with Gasteiger partial charge in [0.05, 0.1) is 0 Å². The van der Waals surface area contributed by atoms with Gasteiger partial charge in [-0.1, -0.05) is 19.1 Å². The van der Waals surface area contributed by atoms with Crippen LogP contribution in [0.2, 0.25) is 0 Å². The van der Waals surface area contributed by atoms with Gasteiger partial charge in [-0.05, 0) is 31.6 Å². The Morgan fingerprint density at radius 2 is 2.38 bits per heavy atom. The second kappa shape index (κ2) is 1.93. The smallest absolute Gasteiger partial charge is 0.0289 e. The molecular weight excluding hydrogens is 96.1 g/mol. The van der Waals surface area contributed by atoms with Crippen molar-refractivity contribution in [1.29, 1.82) is 0 Å². The first-order chi connectivity index (χ1) is 3.45. The molecule has 0 heterocycles. The van der Waals surface area contributed by atoms with E-state index in [4.69, 9.17) is 0 Å². The molecule has 0 aromatic carbocycles. The molecule has 0 aromatic heterocycles. The van der Waals surface area contributed by atoms with Gasteiger partial charge < -0.3 is 0 Å². The lowest BCUT2D eigenvalue weighted by atomic mass is 10.1. The molecule has 2 bridgehead atoms. The fraction of sp³-hybridized carbons (Fsp3) is 0.750. The Labute approximate surface area is 51.6 Å². The van der Waals surface area contributed by atoms with Crippen molar-refractivity contribution in [3.63, 3.8) is 0 Å².